The summed E-state index contributed by atoms with van der Waals surface area (Å²) in [6.07, 6.45) is 1.71. The Hall–Kier alpha value is -4.10. The lowest BCUT2D eigenvalue weighted by Gasteiger charge is -2.04. The van der Waals surface area contributed by atoms with E-state index in [0.717, 1.165) is 32.6 Å². The van der Waals surface area contributed by atoms with Crippen molar-refractivity contribution in [3.05, 3.63) is 100 Å². The van der Waals surface area contributed by atoms with Gasteiger partial charge in [0.25, 0.3) is 0 Å². The number of furan rings is 1. The van der Waals surface area contributed by atoms with E-state index >= 15 is 0 Å². The first-order valence-corrected chi connectivity index (χ1v) is 11.2. The van der Waals surface area contributed by atoms with Crippen molar-refractivity contribution in [3.63, 3.8) is 0 Å². The molecule has 33 heavy (non-hydrogen) atoms. The third kappa shape index (κ3) is 4.44. The van der Waals surface area contributed by atoms with Crippen molar-refractivity contribution < 1.29 is 14.3 Å². The first-order valence-electron chi connectivity index (χ1n) is 10.4. The number of hydrogen-bond acceptors (Lipinski definition) is 6. The lowest BCUT2D eigenvalue weighted by atomic mass is 10.2. The molecule has 0 saturated carbocycles. The van der Waals surface area contributed by atoms with Gasteiger partial charge in [0.2, 0.25) is 4.80 Å². The second-order valence-electron chi connectivity index (χ2n) is 7.34. The lowest BCUT2D eigenvalue weighted by Crippen LogP contribution is -2.12. The van der Waals surface area contributed by atoms with Crippen LogP contribution >= 0.6 is 11.3 Å². The number of hydrogen-bond donors (Lipinski definition) is 1. The van der Waals surface area contributed by atoms with Crippen molar-refractivity contribution in [2.45, 2.75) is 6.54 Å². The number of aromatic hydroxyl groups is 1. The number of benzene rings is 3. The molecule has 0 atom stereocenters. The molecular weight excluding hydrogens is 434 g/mol. The molecule has 7 heteroatoms. The Morgan fingerprint density at radius 1 is 1.03 bits per heavy atom. The SMILES string of the molecule is COc1cc(C=Nn2c(-c3cc4ccccc4o3)csc2=NCc2ccccc2)ccc1O. The molecule has 0 aliphatic carbocycles. The fourth-order valence-corrected chi connectivity index (χ4v) is 4.26. The van der Waals surface area contributed by atoms with Crippen LogP contribution in [0.25, 0.3) is 22.4 Å². The van der Waals surface area contributed by atoms with Gasteiger partial charge in [0.05, 0.1) is 19.9 Å². The molecule has 0 bridgehead atoms. The Morgan fingerprint density at radius 2 is 1.85 bits per heavy atom. The van der Waals surface area contributed by atoms with E-state index in [1.165, 1.54) is 18.4 Å². The van der Waals surface area contributed by atoms with Crippen LogP contribution in [0.2, 0.25) is 0 Å². The summed E-state index contributed by atoms with van der Waals surface area (Å²) >= 11 is 1.50. The molecule has 5 aromatic rings. The van der Waals surface area contributed by atoms with Crippen molar-refractivity contribution >= 4 is 28.5 Å². The van der Waals surface area contributed by atoms with E-state index < -0.39 is 0 Å². The van der Waals surface area contributed by atoms with Crippen molar-refractivity contribution in [1.82, 2.24) is 4.68 Å². The van der Waals surface area contributed by atoms with Crippen molar-refractivity contribution in [2.24, 2.45) is 10.1 Å². The Kier molecular flexibility index (Phi) is 5.78. The van der Waals surface area contributed by atoms with Crippen LogP contribution in [0.5, 0.6) is 11.5 Å². The van der Waals surface area contributed by atoms with Gasteiger partial charge in [0.1, 0.15) is 11.3 Å². The number of methoxy groups -OCH3 is 1. The molecule has 0 aliphatic heterocycles. The number of fused-ring (bicyclic) bond motifs is 1. The van der Waals surface area contributed by atoms with Crippen LogP contribution in [0.15, 0.2) is 98.8 Å². The van der Waals surface area contributed by atoms with E-state index in [9.17, 15) is 5.11 Å². The molecule has 0 spiro atoms. The molecular formula is C26H21N3O3S. The van der Waals surface area contributed by atoms with E-state index in [0.29, 0.717) is 18.1 Å². The van der Waals surface area contributed by atoms with Crippen LogP contribution in [0.3, 0.4) is 0 Å². The number of aromatic nitrogens is 1. The molecule has 6 nitrogen and oxygen atoms in total. The number of phenols is 1. The molecule has 2 aromatic heterocycles. The minimum atomic E-state index is 0.0827. The highest BCUT2D eigenvalue weighted by atomic mass is 32.1. The zero-order valence-electron chi connectivity index (χ0n) is 17.9. The van der Waals surface area contributed by atoms with Crippen LogP contribution in [-0.4, -0.2) is 23.1 Å². The van der Waals surface area contributed by atoms with Gasteiger partial charge in [-0.2, -0.15) is 5.10 Å². The highest BCUT2D eigenvalue weighted by molar-refractivity contribution is 7.07. The predicted octanol–water partition coefficient (Wildman–Crippen LogP) is 5.66. The molecule has 0 unspecified atom stereocenters. The zero-order valence-corrected chi connectivity index (χ0v) is 18.7. The molecule has 0 fully saturated rings. The number of ether oxygens (including phenoxy) is 1. The van der Waals surface area contributed by atoms with Crippen LogP contribution in [0.4, 0.5) is 0 Å². The maximum Gasteiger partial charge on any atom is 0.206 e. The topological polar surface area (TPSA) is 72.2 Å². The molecule has 0 amide bonds. The average molecular weight is 456 g/mol. The van der Waals surface area contributed by atoms with Crippen molar-refractivity contribution in [1.29, 1.82) is 0 Å². The minimum Gasteiger partial charge on any atom is -0.504 e. The fourth-order valence-electron chi connectivity index (χ4n) is 3.44. The molecule has 2 heterocycles. The summed E-state index contributed by atoms with van der Waals surface area (Å²) in [5, 5.41) is 17.6. The molecule has 3 aromatic carbocycles. The summed E-state index contributed by atoms with van der Waals surface area (Å²) in [5.74, 6) is 1.19. The summed E-state index contributed by atoms with van der Waals surface area (Å²) < 4.78 is 13.1. The number of nitrogens with zero attached hydrogens (tertiary/aromatic N) is 3. The van der Waals surface area contributed by atoms with Gasteiger partial charge in [-0.15, -0.1) is 11.3 Å². The lowest BCUT2D eigenvalue weighted by molar-refractivity contribution is 0.373. The summed E-state index contributed by atoms with van der Waals surface area (Å²) in [5.41, 5.74) is 3.54. The number of thiazole rings is 1. The van der Waals surface area contributed by atoms with Crippen LogP contribution in [-0.2, 0) is 6.54 Å². The van der Waals surface area contributed by atoms with Gasteiger partial charge in [-0.05, 0) is 41.5 Å². The summed E-state index contributed by atoms with van der Waals surface area (Å²) in [6.45, 7) is 0.545. The van der Waals surface area contributed by atoms with Crippen molar-refractivity contribution in [2.75, 3.05) is 7.11 Å². The van der Waals surface area contributed by atoms with Gasteiger partial charge in [0, 0.05) is 10.8 Å². The highest BCUT2D eigenvalue weighted by Gasteiger charge is 2.13. The smallest absolute Gasteiger partial charge is 0.206 e. The standard InChI is InChI=1S/C26H21N3O3S/c1-31-25-13-19(11-12-22(25)30)16-28-29-21(24-14-20-9-5-6-10-23(20)32-24)17-33-26(29)27-15-18-7-3-2-4-8-18/h2-14,16-17,30H,15H2,1H3. The second-order valence-corrected chi connectivity index (χ2v) is 8.18. The summed E-state index contributed by atoms with van der Waals surface area (Å²) in [6, 6.07) is 25.1. The highest BCUT2D eigenvalue weighted by Crippen LogP contribution is 2.29. The van der Waals surface area contributed by atoms with Gasteiger partial charge in [-0.1, -0.05) is 48.5 Å². The largest absolute Gasteiger partial charge is 0.504 e. The van der Waals surface area contributed by atoms with Gasteiger partial charge in [-0.25, -0.2) is 4.68 Å². The van der Waals surface area contributed by atoms with Gasteiger partial charge in [-0.3, -0.25) is 4.99 Å². The first-order chi connectivity index (χ1) is 16.2. The number of phenolic OH excluding ortho intramolecular Hbond substituents is 1. The predicted molar refractivity (Wildman–Crippen MR) is 131 cm³/mol. The van der Waals surface area contributed by atoms with E-state index in [2.05, 4.69) is 0 Å². The van der Waals surface area contributed by atoms with Crippen LogP contribution < -0.4 is 9.54 Å². The molecule has 0 radical (unpaired) electrons. The molecule has 1 N–H and O–H groups in total. The Balaban J connectivity index is 1.58. The third-order valence-corrected chi connectivity index (χ3v) is 5.98. The molecule has 5 rings (SSSR count). The van der Waals surface area contributed by atoms with E-state index in [-0.39, 0.29) is 5.75 Å². The molecule has 164 valence electrons. The molecule has 0 aliphatic rings. The van der Waals surface area contributed by atoms with Gasteiger partial charge >= 0.3 is 0 Å². The first kappa shape index (κ1) is 20.8. The monoisotopic (exact) mass is 455 g/mol. The van der Waals surface area contributed by atoms with Crippen LogP contribution in [0, 0.1) is 0 Å². The summed E-state index contributed by atoms with van der Waals surface area (Å²) in [4.78, 5) is 5.54. The Bertz CT molecular complexity index is 1460. The molecule has 0 saturated heterocycles. The quantitative estimate of drug-likeness (QED) is 0.336. The minimum absolute atomic E-state index is 0.0827. The Labute approximate surface area is 194 Å². The normalized spacial score (nSPS) is 12.1. The second kappa shape index (κ2) is 9.18. The van der Waals surface area contributed by atoms with Crippen molar-refractivity contribution in [3.8, 4) is 23.0 Å². The maximum atomic E-state index is 9.87. The zero-order chi connectivity index (χ0) is 22.6. The van der Waals surface area contributed by atoms with Gasteiger partial charge < -0.3 is 14.3 Å². The fraction of sp³-hybridized carbons (Fsp3) is 0.0769. The number of rotatable bonds is 6. The van der Waals surface area contributed by atoms with E-state index in [1.807, 2.05) is 66.0 Å². The summed E-state index contributed by atoms with van der Waals surface area (Å²) in [7, 11) is 1.52. The third-order valence-electron chi connectivity index (χ3n) is 5.13. The van der Waals surface area contributed by atoms with Crippen LogP contribution in [0.1, 0.15) is 11.1 Å². The number of para-hydroxylation sites is 1. The van der Waals surface area contributed by atoms with E-state index in [1.54, 1.807) is 29.1 Å². The Morgan fingerprint density at radius 3 is 2.67 bits per heavy atom. The maximum absolute atomic E-state index is 9.87. The van der Waals surface area contributed by atoms with E-state index in [4.69, 9.17) is 19.2 Å². The van der Waals surface area contributed by atoms with Gasteiger partial charge in [0.15, 0.2) is 17.3 Å². The average Bonchev–Trinajstić information content (AvgIpc) is 3.46.